The van der Waals surface area contributed by atoms with Crippen LogP contribution in [0.3, 0.4) is 0 Å². The van der Waals surface area contributed by atoms with Crippen LogP contribution in [0.4, 0.5) is 28.8 Å². The summed E-state index contributed by atoms with van der Waals surface area (Å²) in [6.45, 7) is 7.09. The Kier molecular flexibility index (Phi) is 5.98. The Bertz CT molecular complexity index is 1620. The fraction of sp³-hybridized carbons (Fsp3) is 0.296. The molecule has 194 valence electrons. The predicted molar refractivity (Wildman–Crippen MR) is 151 cm³/mol. The maximum absolute atomic E-state index is 12.9. The standard InChI is InChI=1S/C27H29N8O2P/c1-34-10-11-35-19(15-34)16-37-22-12-18(8-9-21(22)35)30-27-32-25-24(17(13-28)14-29-25)26(33-27)31-20-6-4-5-7-23(20)38(2,3)36/h4-9,12,14,19H,10-11,15-16H2,1-3H3,(H3,29,30,31,32,33)/t19-/m0/s1. The van der Waals surface area contributed by atoms with Gasteiger partial charge in [0.1, 0.15) is 37.0 Å². The number of H-pyrrole nitrogens is 1. The van der Waals surface area contributed by atoms with Crippen molar-refractivity contribution in [3.63, 3.8) is 0 Å². The van der Waals surface area contributed by atoms with E-state index in [-0.39, 0.29) is 0 Å². The van der Waals surface area contributed by atoms with Crippen LogP contribution in [0.15, 0.2) is 48.7 Å². The van der Waals surface area contributed by atoms with Crippen LogP contribution in [-0.2, 0) is 4.57 Å². The SMILES string of the molecule is CN1CCN2c3ccc(Nc4nc(Nc5ccccc5P(C)(C)=O)c5c(C#N)c[nH]c5n4)cc3OC[C@@H]2C1. The number of nitrogens with one attached hydrogen (secondary N) is 3. The van der Waals surface area contributed by atoms with Gasteiger partial charge in [-0.3, -0.25) is 0 Å². The molecule has 38 heavy (non-hydrogen) atoms. The molecule has 0 bridgehead atoms. The molecular formula is C27H29N8O2P. The average molecular weight is 529 g/mol. The van der Waals surface area contributed by atoms with Gasteiger partial charge < -0.3 is 34.7 Å². The number of rotatable bonds is 5. The predicted octanol–water partition coefficient (Wildman–Crippen LogP) is 4.08. The van der Waals surface area contributed by atoms with Crippen molar-refractivity contribution >= 4 is 52.3 Å². The highest BCUT2D eigenvalue weighted by Gasteiger charge is 2.31. The van der Waals surface area contributed by atoms with Gasteiger partial charge >= 0.3 is 0 Å². The molecule has 0 unspecified atom stereocenters. The van der Waals surface area contributed by atoms with Crippen molar-refractivity contribution in [2.75, 3.05) is 62.2 Å². The van der Waals surface area contributed by atoms with E-state index in [1.807, 2.05) is 36.4 Å². The maximum atomic E-state index is 12.9. The van der Waals surface area contributed by atoms with E-state index in [0.717, 1.165) is 36.8 Å². The van der Waals surface area contributed by atoms with Gasteiger partial charge in [0, 0.05) is 42.9 Å². The summed E-state index contributed by atoms with van der Waals surface area (Å²) >= 11 is 0. The first-order chi connectivity index (χ1) is 18.3. The van der Waals surface area contributed by atoms with Crippen LogP contribution in [0.25, 0.3) is 11.0 Å². The van der Waals surface area contributed by atoms with Crippen molar-refractivity contribution in [3.05, 3.63) is 54.2 Å². The number of aromatic nitrogens is 3. The maximum Gasteiger partial charge on any atom is 0.231 e. The molecule has 10 nitrogen and oxygen atoms in total. The van der Waals surface area contributed by atoms with Gasteiger partial charge in [-0.05, 0) is 44.6 Å². The number of hydrogen-bond acceptors (Lipinski definition) is 9. The zero-order chi connectivity index (χ0) is 26.4. The first kappa shape index (κ1) is 24.3. The largest absolute Gasteiger partial charge is 0.489 e. The molecule has 2 aromatic carbocycles. The quantitative estimate of drug-likeness (QED) is 0.329. The van der Waals surface area contributed by atoms with E-state index >= 15 is 0 Å². The van der Waals surface area contributed by atoms with Gasteiger partial charge in [-0.25, -0.2) is 0 Å². The van der Waals surface area contributed by atoms with Gasteiger partial charge in [-0.1, -0.05) is 12.1 Å². The minimum Gasteiger partial charge on any atom is -0.489 e. The molecule has 1 fully saturated rings. The van der Waals surface area contributed by atoms with E-state index in [9.17, 15) is 9.83 Å². The van der Waals surface area contributed by atoms with Crippen molar-refractivity contribution in [3.8, 4) is 11.8 Å². The molecule has 4 aromatic rings. The lowest BCUT2D eigenvalue weighted by Gasteiger charge is -2.44. The molecule has 1 saturated heterocycles. The second kappa shape index (κ2) is 9.35. The normalized spacial score (nSPS) is 17.3. The molecule has 0 spiro atoms. The number of nitrogens with zero attached hydrogens (tertiary/aromatic N) is 5. The van der Waals surface area contributed by atoms with Gasteiger partial charge in [-0.2, -0.15) is 15.2 Å². The van der Waals surface area contributed by atoms with Crippen LogP contribution < -0.4 is 25.6 Å². The first-order valence-corrected chi connectivity index (χ1v) is 15.1. The summed E-state index contributed by atoms with van der Waals surface area (Å²) in [5, 5.41) is 17.6. The molecule has 2 aliphatic rings. The Morgan fingerprint density at radius 2 is 2.00 bits per heavy atom. The van der Waals surface area contributed by atoms with E-state index in [1.54, 1.807) is 19.5 Å². The highest BCUT2D eigenvalue weighted by Crippen LogP contribution is 2.40. The number of piperazine rings is 1. The third kappa shape index (κ3) is 4.44. The molecule has 0 radical (unpaired) electrons. The van der Waals surface area contributed by atoms with Crippen LogP contribution in [0.5, 0.6) is 5.75 Å². The van der Waals surface area contributed by atoms with Crippen LogP contribution in [0.2, 0.25) is 0 Å². The van der Waals surface area contributed by atoms with Crippen molar-refractivity contribution < 1.29 is 9.30 Å². The lowest BCUT2D eigenvalue weighted by atomic mass is 10.1. The third-order valence-electron chi connectivity index (χ3n) is 7.03. The summed E-state index contributed by atoms with van der Waals surface area (Å²) in [5.74, 6) is 1.64. The third-order valence-corrected chi connectivity index (χ3v) is 8.58. The van der Waals surface area contributed by atoms with Gasteiger partial charge in [0.2, 0.25) is 5.95 Å². The molecule has 0 amide bonds. The van der Waals surface area contributed by atoms with Crippen molar-refractivity contribution in [1.29, 1.82) is 5.26 Å². The molecule has 0 aliphatic carbocycles. The molecule has 4 heterocycles. The van der Waals surface area contributed by atoms with Crippen LogP contribution >= 0.6 is 7.14 Å². The van der Waals surface area contributed by atoms with Gasteiger partial charge in [0.15, 0.2) is 0 Å². The number of nitriles is 1. The summed E-state index contributed by atoms with van der Waals surface area (Å²) in [7, 11) is -0.420. The van der Waals surface area contributed by atoms with E-state index in [2.05, 4.69) is 49.6 Å². The van der Waals surface area contributed by atoms with Crippen LogP contribution in [0, 0.1) is 11.3 Å². The molecule has 3 N–H and O–H groups in total. The zero-order valence-corrected chi connectivity index (χ0v) is 22.4. The van der Waals surface area contributed by atoms with E-state index in [1.165, 1.54) is 0 Å². The number of aromatic amines is 1. The van der Waals surface area contributed by atoms with Crippen LogP contribution in [0.1, 0.15) is 5.56 Å². The molecule has 11 heteroatoms. The lowest BCUT2D eigenvalue weighted by molar-refractivity contribution is 0.188. The molecule has 0 saturated carbocycles. The summed E-state index contributed by atoms with van der Waals surface area (Å²) < 4.78 is 19.1. The average Bonchev–Trinajstić information content (AvgIpc) is 3.31. The summed E-state index contributed by atoms with van der Waals surface area (Å²) in [6.07, 6.45) is 1.62. The van der Waals surface area contributed by atoms with Gasteiger partial charge in [0.25, 0.3) is 0 Å². The molecule has 1 atom stereocenters. The topological polar surface area (TPSA) is 122 Å². The number of likely N-dealkylation sites (N-methyl/N-ethyl adjacent to an activating group) is 1. The monoisotopic (exact) mass is 528 g/mol. The Labute approximate surface area is 221 Å². The van der Waals surface area contributed by atoms with Crippen molar-refractivity contribution in [2.24, 2.45) is 0 Å². The summed E-state index contributed by atoms with van der Waals surface area (Å²) in [4.78, 5) is 17.2. The molecule has 2 aromatic heterocycles. The minimum atomic E-state index is -2.56. The Balaban J connectivity index is 1.35. The summed E-state index contributed by atoms with van der Waals surface area (Å²) in [6, 6.07) is 16.0. The van der Waals surface area contributed by atoms with Crippen molar-refractivity contribution in [1.82, 2.24) is 19.9 Å². The number of fused-ring (bicyclic) bond motifs is 4. The second-order valence-corrected chi connectivity index (χ2v) is 13.3. The van der Waals surface area contributed by atoms with E-state index < -0.39 is 7.14 Å². The summed E-state index contributed by atoms with van der Waals surface area (Å²) in [5.41, 5.74) is 3.51. The minimum absolute atomic E-state index is 0.353. The number of ether oxygens (including phenoxy) is 1. The Morgan fingerprint density at radius 3 is 2.82 bits per heavy atom. The fourth-order valence-electron chi connectivity index (χ4n) is 5.17. The number of hydrogen-bond donors (Lipinski definition) is 3. The van der Waals surface area contributed by atoms with E-state index in [0.29, 0.717) is 52.0 Å². The first-order valence-electron chi connectivity index (χ1n) is 12.5. The second-order valence-electron chi connectivity index (χ2n) is 10.2. The lowest BCUT2D eigenvalue weighted by Crippen LogP contribution is -2.56. The fourth-order valence-corrected chi connectivity index (χ4v) is 6.33. The number of para-hydroxylation sites is 1. The molecule has 2 aliphatic heterocycles. The highest BCUT2D eigenvalue weighted by molar-refractivity contribution is 7.70. The smallest absolute Gasteiger partial charge is 0.231 e. The number of benzene rings is 2. The molecule has 6 rings (SSSR count). The van der Waals surface area contributed by atoms with Gasteiger partial charge in [-0.15, -0.1) is 0 Å². The van der Waals surface area contributed by atoms with E-state index in [4.69, 9.17) is 9.72 Å². The molecular weight excluding hydrogens is 499 g/mol. The van der Waals surface area contributed by atoms with Crippen molar-refractivity contribution in [2.45, 2.75) is 6.04 Å². The highest BCUT2D eigenvalue weighted by atomic mass is 31.2. The van der Waals surface area contributed by atoms with Crippen LogP contribution in [-0.4, -0.2) is 72.5 Å². The number of anilines is 5. The Morgan fingerprint density at radius 1 is 1.16 bits per heavy atom. The zero-order valence-electron chi connectivity index (χ0n) is 21.5. The van der Waals surface area contributed by atoms with Gasteiger partial charge in [0.05, 0.1) is 28.4 Å². The Hall–Kier alpha value is -4.06.